The Bertz CT molecular complexity index is 1450. The monoisotopic (exact) mass is 470 g/mol. The van der Waals surface area contributed by atoms with Gasteiger partial charge in [-0.25, -0.2) is 9.37 Å². The summed E-state index contributed by atoms with van der Waals surface area (Å²) in [6, 6.07) is 20.0. The van der Waals surface area contributed by atoms with Gasteiger partial charge in [-0.15, -0.1) is 0 Å². The van der Waals surface area contributed by atoms with E-state index in [1.807, 2.05) is 48.5 Å². The lowest BCUT2D eigenvalue weighted by atomic mass is 10.0. The van der Waals surface area contributed by atoms with Crippen LogP contribution in [0, 0.1) is 5.82 Å². The minimum absolute atomic E-state index is 0.0485. The normalized spacial score (nSPS) is 11.0. The second-order valence-electron chi connectivity index (χ2n) is 7.94. The van der Waals surface area contributed by atoms with Gasteiger partial charge in [0.25, 0.3) is 0 Å². The molecule has 0 saturated heterocycles. The van der Waals surface area contributed by atoms with Crippen LogP contribution < -0.4 is 4.90 Å². The van der Waals surface area contributed by atoms with E-state index in [4.69, 9.17) is 11.6 Å². The van der Waals surface area contributed by atoms with Crippen molar-refractivity contribution in [2.75, 3.05) is 4.90 Å². The topological polar surface area (TPSA) is 61.9 Å². The number of hydrogen-bond acceptors (Lipinski definition) is 3. The molecule has 1 N–H and O–H groups in total. The predicted octanol–water partition coefficient (Wildman–Crippen LogP) is 6.19. The molecule has 0 aliphatic heterocycles. The maximum atomic E-state index is 14.1. The second kappa shape index (κ2) is 9.45. The van der Waals surface area contributed by atoms with Gasteiger partial charge >= 0.3 is 0 Å². The van der Waals surface area contributed by atoms with E-state index in [-0.39, 0.29) is 23.9 Å². The summed E-state index contributed by atoms with van der Waals surface area (Å²) < 4.78 is 14.1. The Kier molecular flexibility index (Phi) is 6.06. The Balaban J connectivity index is 1.48. The highest BCUT2D eigenvalue weighted by Crippen LogP contribution is 2.26. The third kappa shape index (κ3) is 4.54. The van der Waals surface area contributed by atoms with E-state index in [9.17, 15) is 9.18 Å². The van der Waals surface area contributed by atoms with E-state index in [0.717, 1.165) is 27.6 Å². The molecule has 2 aromatic heterocycles. The molecule has 0 unspecified atom stereocenters. The number of hydrogen-bond donors (Lipinski definition) is 1. The van der Waals surface area contributed by atoms with Crippen LogP contribution >= 0.6 is 11.6 Å². The number of imidazole rings is 1. The number of halogens is 2. The first-order chi connectivity index (χ1) is 16.6. The number of nitrogens with zero attached hydrogens (tertiary/aromatic N) is 3. The minimum atomic E-state index is -0.514. The number of carbonyl (C=O) groups excluding carboxylic acids is 1. The lowest BCUT2D eigenvalue weighted by Gasteiger charge is -2.24. The molecule has 5 aromatic rings. The molecular weight excluding hydrogens is 451 g/mol. The fraction of sp³-hybridized carbons (Fsp3) is 0.0741. The van der Waals surface area contributed by atoms with Gasteiger partial charge < -0.3 is 9.88 Å². The summed E-state index contributed by atoms with van der Waals surface area (Å²) >= 11 is 5.86. The van der Waals surface area contributed by atoms with Crippen molar-refractivity contribution >= 4 is 34.0 Å². The minimum Gasteiger partial charge on any atom is -0.345 e. The molecule has 1 amide bonds. The zero-order chi connectivity index (χ0) is 23.5. The predicted molar refractivity (Wildman–Crippen MR) is 132 cm³/mol. The average molecular weight is 471 g/mol. The van der Waals surface area contributed by atoms with Crippen molar-refractivity contribution in [1.29, 1.82) is 0 Å². The fourth-order valence-electron chi connectivity index (χ4n) is 3.96. The third-order valence-corrected chi connectivity index (χ3v) is 6.01. The number of pyridine rings is 1. The quantitative estimate of drug-likeness (QED) is 0.321. The Morgan fingerprint density at radius 1 is 0.971 bits per heavy atom. The summed E-state index contributed by atoms with van der Waals surface area (Å²) in [5.41, 5.74) is 4.01. The van der Waals surface area contributed by atoms with Gasteiger partial charge in [-0.3, -0.25) is 9.78 Å². The highest BCUT2D eigenvalue weighted by Gasteiger charge is 2.19. The smallest absolute Gasteiger partial charge is 0.231 e. The number of aromatic amines is 1. The standard InChI is InChI=1S/C27H20ClFN4O/c28-24-10-5-18(11-25(24)29)16-33(22-8-6-19(7-9-22)26-15-31-17-32-26)27(34)12-21-14-30-13-20-3-1-2-4-23(20)21/h1-11,13-15,17H,12,16H2,(H,31,32). The molecule has 0 bridgehead atoms. The van der Waals surface area contributed by atoms with Gasteiger partial charge in [-0.2, -0.15) is 0 Å². The van der Waals surface area contributed by atoms with Crippen molar-refractivity contribution in [1.82, 2.24) is 15.0 Å². The number of H-pyrrole nitrogens is 1. The number of nitrogens with one attached hydrogen (secondary N) is 1. The molecule has 0 fully saturated rings. The SMILES string of the molecule is O=C(Cc1cncc2ccccc12)N(Cc1ccc(Cl)c(F)c1)c1ccc(-c2cnc[nH]2)cc1. The zero-order valence-corrected chi connectivity index (χ0v) is 18.8. The number of aromatic nitrogens is 3. The van der Waals surface area contributed by atoms with Gasteiger partial charge in [0.15, 0.2) is 0 Å². The maximum Gasteiger partial charge on any atom is 0.231 e. The van der Waals surface area contributed by atoms with Crippen LogP contribution in [0.5, 0.6) is 0 Å². The Morgan fingerprint density at radius 2 is 1.79 bits per heavy atom. The lowest BCUT2D eigenvalue weighted by molar-refractivity contribution is -0.118. The van der Waals surface area contributed by atoms with Crippen molar-refractivity contribution < 1.29 is 9.18 Å². The van der Waals surface area contributed by atoms with Gasteiger partial charge in [0.05, 0.1) is 36.2 Å². The summed E-state index contributed by atoms with van der Waals surface area (Å²) in [5, 5.41) is 2.01. The fourth-order valence-corrected chi connectivity index (χ4v) is 4.07. The van der Waals surface area contributed by atoms with Crippen LogP contribution in [-0.2, 0) is 17.8 Å². The number of amides is 1. The molecule has 3 aromatic carbocycles. The van der Waals surface area contributed by atoms with Crippen molar-refractivity contribution in [3.8, 4) is 11.3 Å². The second-order valence-corrected chi connectivity index (χ2v) is 8.34. The van der Waals surface area contributed by atoms with Crippen molar-refractivity contribution in [3.05, 3.63) is 114 Å². The van der Waals surface area contributed by atoms with Crippen LogP contribution in [-0.4, -0.2) is 20.9 Å². The van der Waals surface area contributed by atoms with E-state index in [0.29, 0.717) is 11.3 Å². The van der Waals surface area contributed by atoms with Crippen molar-refractivity contribution in [2.24, 2.45) is 0 Å². The molecule has 0 atom stereocenters. The van der Waals surface area contributed by atoms with Crippen LogP contribution in [0.3, 0.4) is 0 Å². The number of fused-ring (bicyclic) bond motifs is 1. The van der Waals surface area contributed by atoms with Crippen molar-refractivity contribution in [3.63, 3.8) is 0 Å². The first kappa shape index (κ1) is 21.8. The molecule has 7 heteroatoms. The van der Waals surface area contributed by atoms with Gasteiger partial charge in [0.1, 0.15) is 5.82 Å². The Labute approximate surface area is 200 Å². The highest BCUT2D eigenvalue weighted by molar-refractivity contribution is 6.30. The largest absolute Gasteiger partial charge is 0.345 e. The lowest BCUT2D eigenvalue weighted by Crippen LogP contribution is -2.32. The third-order valence-electron chi connectivity index (χ3n) is 5.71. The molecule has 2 heterocycles. The number of rotatable bonds is 6. The summed E-state index contributed by atoms with van der Waals surface area (Å²) in [6.45, 7) is 0.203. The van der Waals surface area contributed by atoms with Crippen molar-refractivity contribution in [2.45, 2.75) is 13.0 Å². The molecule has 5 nitrogen and oxygen atoms in total. The molecule has 5 rings (SSSR count). The van der Waals surface area contributed by atoms with Gasteiger partial charge in [0.2, 0.25) is 5.91 Å². The van der Waals surface area contributed by atoms with E-state index < -0.39 is 5.82 Å². The molecule has 0 aliphatic carbocycles. The van der Waals surface area contributed by atoms with Crippen LogP contribution in [0.25, 0.3) is 22.0 Å². The number of carbonyl (C=O) groups is 1. The molecule has 0 aliphatic rings. The molecular formula is C27H20ClFN4O. The first-order valence-corrected chi connectivity index (χ1v) is 11.1. The molecule has 168 valence electrons. The van der Waals surface area contributed by atoms with E-state index in [1.165, 1.54) is 12.1 Å². The van der Waals surface area contributed by atoms with Crippen LogP contribution in [0.2, 0.25) is 5.02 Å². The summed E-state index contributed by atoms with van der Waals surface area (Å²) in [7, 11) is 0. The van der Waals surface area contributed by atoms with Crippen LogP contribution in [0.15, 0.2) is 91.6 Å². The molecule has 34 heavy (non-hydrogen) atoms. The van der Waals surface area contributed by atoms with Gasteiger partial charge in [-0.05, 0) is 46.3 Å². The number of anilines is 1. The zero-order valence-electron chi connectivity index (χ0n) is 18.1. The molecule has 0 spiro atoms. The van der Waals surface area contributed by atoms with E-state index in [2.05, 4.69) is 15.0 Å². The Hall–Kier alpha value is -4.03. The molecule has 0 saturated carbocycles. The van der Waals surface area contributed by atoms with Gasteiger partial charge in [-0.1, -0.05) is 54.1 Å². The van der Waals surface area contributed by atoms with Crippen LogP contribution in [0.1, 0.15) is 11.1 Å². The summed E-state index contributed by atoms with van der Waals surface area (Å²) in [5.74, 6) is -0.637. The van der Waals surface area contributed by atoms with E-state index in [1.54, 1.807) is 35.9 Å². The van der Waals surface area contributed by atoms with E-state index >= 15 is 0 Å². The summed E-state index contributed by atoms with van der Waals surface area (Å²) in [4.78, 5) is 26.7. The molecule has 0 radical (unpaired) electrons. The number of benzene rings is 3. The first-order valence-electron chi connectivity index (χ1n) is 10.7. The Morgan fingerprint density at radius 3 is 2.56 bits per heavy atom. The summed E-state index contributed by atoms with van der Waals surface area (Å²) in [6.07, 6.45) is 7.02. The van der Waals surface area contributed by atoms with Gasteiger partial charge in [0, 0.05) is 23.5 Å². The maximum absolute atomic E-state index is 14.1. The van der Waals surface area contributed by atoms with Crippen LogP contribution in [0.4, 0.5) is 10.1 Å². The highest BCUT2D eigenvalue weighted by atomic mass is 35.5. The average Bonchev–Trinajstić information content (AvgIpc) is 3.40.